The summed E-state index contributed by atoms with van der Waals surface area (Å²) in [5.41, 5.74) is 0.689. The Balaban J connectivity index is 2.02. The fraction of sp³-hybridized carbons (Fsp3) is 0.368. The average molecular weight is 337 g/mol. The van der Waals surface area contributed by atoms with Crippen LogP contribution in [0.25, 0.3) is 0 Å². The van der Waals surface area contributed by atoms with Gasteiger partial charge in [-0.15, -0.1) is 0 Å². The number of hydrogen-bond donors (Lipinski definition) is 1. The Morgan fingerprint density at radius 1 is 1.04 bits per heavy atom. The highest BCUT2D eigenvalue weighted by Gasteiger charge is 2.30. The van der Waals surface area contributed by atoms with Crippen LogP contribution in [-0.4, -0.2) is 6.61 Å². The molecule has 0 unspecified atom stereocenters. The van der Waals surface area contributed by atoms with E-state index in [0.717, 1.165) is 29.9 Å². The maximum absolute atomic E-state index is 12.8. The summed E-state index contributed by atoms with van der Waals surface area (Å²) in [5, 5.41) is 3.03. The molecule has 0 aromatic heterocycles. The van der Waals surface area contributed by atoms with Gasteiger partial charge in [-0.2, -0.15) is 13.2 Å². The Morgan fingerprint density at radius 2 is 1.79 bits per heavy atom. The van der Waals surface area contributed by atoms with Crippen molar-refractivity contribution in [3.8, 4) is 5.75 Å². The summed E-state index contributed by atoms with van der Waals surface area (Å²) >= 11 is 0. The molecule has 0 saturated heterocycles. The fourth-order valence-corrected chi connectivity index (χ4v) is 2.20. The summed E-state index contributed by atoms with van der Waals surface area (Å²) in [6.07, 6.45) is -3.38. The molecule has 0 heterocycles. The summed E-state index contributed by atoms with van der Waals surface area (Å²) in [6, 6.07) is 12.8. The molecule has 0 radical (unpaired) electrons. The van der Waals surface area contributed by atoms with Crippen LogP contribution in [0.2, 0.25) is 0 Å². The van der Waals surface area contributed by atoms with Crippen LogP contribution in [0.4, 0.5) is 18.9 Å². The standard InChI is InChI=1S/C19H22F3NO/c1-14(2)10-11-24-18-9-4-3-6-15(18)13-23-17-8-5-7-16(12-17)19(20,21)22/h3-9,12,14,23H,10-11,13H2,1-2H3. The number of ether oxygens (including phenoxy) is 1. The minimum Gasteiger partial charge on any atom is -0.493 e. The molecule has 2 rings (SSSR count). The zero-order chi connectivity index (χ0) is 17.6. The lowest BCUT2D eigenvalue weighted by Gasteiger charge is -2.14. The van der Waals surface area contributed by atoms with Gasteiger partial charge in [0.25, 0.3) is 0 Å². The van der Waals surface area contributed by atoms with Gasteiger partial charge in [0, 0.05) is 17.8 Å². The predicted molar refractivity (Wildman–Crippen MR) is 90.2 cm³/mol. The van der Waals surface area contributed by atoms with Gasteiger partial charge in [0.15, 0.2) is 0 Å². The average Bonchev–Trinajstić information content (AvgIpc) is 2.53. The number of rotatable bonds is 7. The van der Waals surface area contributed by atoms with E-state index in [1.165, 1.54) is 6.07 Å². The number of nitrogens with one attached hydrogen (secondary N) is 1. The molecule has 0 aliphatic heterocycles. The molecule has 0 atom stereocenters. The molecular formula is C19H22F3NO. The number of halogens is 3. The SMILES string of the molecule is CC(C)CCOc1ccccc1CNc1cccc(C(F)(F)F)c1. The first kappa shape index (κ1) is 18.2. The second kappa shape index (κ2) is 8.08. The van der Waals surface area contributed by atoms with Crippen molar-refractivity contribution in [2.75, 3.05) is 11.9 Å². The third-order valence-electron chi connectivity index (χ3n) is 3.60. The van der Waals surface area contributed by atoms with Crippen molar-refractivity contribution >= 4 is 5.69 Å². The van der Waals surface area contributed by atoms with Crippen molar-refractivity contribution in [3.63, 3.8) is 0 Å². The molecule has 0 fully saturated rings. The van der Waals surface area contributed by atoms with Gasteiger partial charge in [0.1, 0.15) is 5.75 Å². The number of anilines is 1. The number of para-hydroxylation sites is 1. The molecule has 2 nitrogen and oxygen atoms in total. The lowest BCUT2D eigenvalue weighted by Crippen LogP contribution is -2.08. The molecule has 0 aliphatic rings. The van der Waals surface area contributed by atoms with Gasteiger partial charge in [-0.3, -0.25) is 0 Å². The predicted octanol–water partition coefficient (Wildman–Crippen LogP) is 5.74. The van der Waals surface area contributed by atoms with E-state index in [0.29, 0.717) is 24.8 Å². The van der Waals surface area contributed by atoms with E-state index < -0.39 is 11.7 Å². The largest absolute Gasteiger partial charge is 0.493 e. The Morgan fingerprint density at radius 3 is 2.50 bits per heavy atom. The third-order valence-corrected chi connectivity index (χ3v) is 3.60. The minimum absolute atomic E-state index is 0.402. The minimum atomic E-state index is -4.34. The molecule has 0 spiro atoms. The fourth-order valence-electron chi connectivity index (χ4n) is 2.20. The van der Waals surface area contributed by atoms with Crippen LogP contribution >= 0.6 is 0 Å². The smallest absolute Gasteiger partial charge is 0.416 e. The first-order chi connectivity index (χ1) is 11.4. The zero-order valence-electron chi connectivity index (χ0n) is 13.9. The molecule has 2 aromatic rings. The Kier molecular flexibility index (Phi) is 6.12. The number of benzene rings is 2. The van der Waals surface area contributed by atoms with Gasteiger partial charge < -0.3 is 10.1 Å². The monoisotopic (exact) mass is 337 g/mol. The maximum atomic E-state index is 12.8. The normalized spacial score (nSPS) is 11.6. The van der Waals surface area contributed by atoms with Crippen LogP contribution < -0.4 is 10.1 Å². The van der Waals surface area contributed by atoms with E-state index in [1.807, 2.05) is 24.3 Å². The zero-order valence-corrected chi connectivity index (χ0v) is 13.9. The molecule has 0 amide bonds. The van der Waals surface area contributed by atoms with E-state index in [9.17, 15) is 13.2 Å². The topological polar surface area (TPSA) is 21.3 Å². The molecule has 0 bridgehead atoms. The van der Waals surface area contributed by atoms with Crippen molar-refractivity contribution in [3.05, 3.63) is 59.7 Å². The number of alkyl halides is 3. The van der Waals surface area contributed by atoms with E-state index >= 15 is 0 Å². The van der Waals surface area contributed by atoms with Crippen LogP contribution in [-0.2, 0) is 12.7 Å². The molecule has 24 heavy (non-hydrogen) atoms. The lowest BCUT2D eigenvalue weighted by molar-refractivity contribution is -0.137. The van der Waals surface area contributed by atoms with Crippen molar-refractivity contribution in [1.82, 2.24) is 0 Å². The van der Waals surface area contributed by atoms with Crippen LogP contribution in [0.5, 0.6) is 5.75 Å². The van der Waals surface area contributed by atoms with Crippen LogP contribution in [0.15, 0.2) is 48.5 Å². The molecular weight excluding hydrogens is 315 g/mol. The van der Waals surface area contributed by atoms with Gasteiger partial charge in [-0.25, -0.2) is 0 Å². The Hall–Kier alpha value is -2.17. The van der Waals surface area contributed by atoms with Gasteiger partial charge in [-0.1, -0.05) is 38.1 Å². The van der Waals surface area contributed by atoms with Crippen LogP contribution in [0.1, 0.15) is 31.4 Å². The van der Waals surface area contributed by atoms with Crippen LogP contribution in [0.3, 0.4) is 0 Å². The van der Waals surface area contributed by atoms with E-state index in [4.69, 9.17) is 4.74 Å². The van der Waals surface area contributed by atoms with Crippen molar-refractivity contribution < 1.29 is 17.9 Å². The van der Waals surface area contributed by atoms with Gasteiger partial charge in [-0.05, 0) is 36.6 Å². The maximum Gasteiger partial charge on any atom is 0.416 e. The summed E-state index contributed by atoms with van der Waals surface area (Å²) < 4.78 is 44.1. The van der Waals surface area contributed by atoms with E-state index in [1.54, 1.807) is 6.07 Å². The molecule has 1 N–H and O–H groups in total. The molecule has 0 aliphatic carbocycles. The first-order valence-corrected chi connectivity index (χ1v) is 7.98. The summed E-state index contributed by atoms with van der Waals surface area (Å²) in [6.45, 7) is 5.28. The Bertz CT molecular complexity index is 653. The summed E-state index contributed by atoms with van der Waals surface area (Å²) in [7, 11) is 0. The van der Waals surface area contributed by atoms with Gasteiger partial charge in [0.05, 0.1) is 12.2 Å². The summed E-state index contributed by atoms with van der Waals surface area (Å²) in [5.74, 6) is 1.32. The van der Waals surface area contributed by atoms with E-state index in [-0.39, 0.29) is 0 Å². The molecule has 130 valence electrons. The molecule has 0 saturated carbocycles. The van der Waals surface area contributed by atoms with Crippen molar-refractivity contribution in [2.45, 2.75) is 33.0 Å². The van der Waals surface area contributed by atoms with Crippen molar-refractivity contribution in [1.29, 1.82) is 0 Å². The molecule has 2 aromatic carbocycles. The molecule has 5 heteroatoms. The highest BCUT2D eigenvalue weighted by atomic mass is 19.4. The third kappa shape index (κ3) is 5.48. The lowest BCUT2D eigenvalue weighted by atomic mass is 10.1. The second-order valence-electron chi connectivity index (χ2n) is 6.07. The van der Waals surface area contributed by atoms with Crippen LogP contribution in [0, 0.1) is 5.92 Å². The highest BCUT2D eigenvalue weighted by molar-refractivity contribution is 5.48. The van der Waals surface area contributed by atoms with Gasteiger partial charge in [0.2, 0.25) is 0 Å². The second-order valence-corrected chi connectivity index (χ2v) is 6.07. The first-order valence-electron chi connectivity index (χ1n) is 7.98. The van der Waals surface area contributed by atoms with Gasteiger partial charge >= 0.3 is 6.18 Å². The number of hydrogen-bond acceptors (Lipinski definition) is 2. The quantitative estimate of drug-likeness (QED) is 0.695. The Labute approximate surface area is 140 Å². The summed E-state index contributed by atoms with van der Waals surface area (Å²) in [4.78, 5) is 0. The van der Waals surface area contributed by atoms with Crippen molar-refractivity contribution in [2.24, 2.45) is 5.92 Å². The van der Waals surface area contributed by atoms with E-state index in [2.05, 4.69) is 19.2 Å². The highest BCUT2D eigenvalue weighted by Crippen LogP contribution is 2.31.